The maximum Gasteiger partial charge on any atom is 0.269 e. The van der Waals surface area contributed by atoms with Gasteiger partial charge < -0.3 is 9.47 Å². The Labute approximate surface area is 169 Å². The molecule has 2 aliphatic rings. The van der Waals surface area contributed by atoms with Gasteiger partial charge in [0.05, 0.1) is 4.92 Å². The first-order valence-corrected chi connectivity index (χ1v) is 9.95. The standard InChI is InChI=1S/C22H24N2O5/c1-15(17-3-2-4-19(13-17)24(26)27)23-9-7-16(8-10-23)22(25)18-5-6-20-21(14-18)29-12-11-28-20/h2-6,13-16H,7-12H2,1H3/t15-/m0/s1. The molecule has 29 heavy (non-hydrogen) atoms. The number of fused-ring (bicyclic) bond motifs is 1. The smallest absolute Gasteiger partial charge is 0.269 e. The van der Waals surface area contributed by atoms with E-state index < -0.39 is 0 Å². The molecule has 0 N–H and O–H groups in total. The van der Waals surface area contributed by atoms with Crippen LogP contribution < -0.4 is 9.47 Å². The number of ether oxygens (including phenoxy) is 2. The Bertz CT molecular complexity index is 921. The third kappa shape index (κ3) is 4.10. The van der Waals surface area contributed by atoms with Crippen LogP contribution in [0.5, 0.6) is 11.5 Å². The number of non-ortho nitro benzene ring substituents is 1. The van der Waals surface area contributed by atoms with Crippen LogP contribution in [0.15, 0.2) is 42.5 Å². The minimum Gasteiger partial charge on any atom is -0.486 e. The lowest BCUT2D eigenvalue weighted by Gasteiger charge is -2.35. The lowest BCUT2D eigenvalue weighted by atomic mass is 9.88. The molecule has 2 heterocycles. The average molecular weight is 396 g/mol. The van der Waals surface area contributed by atoms with E-state index in [1.54, 1.807) is 24.3 Å². The Hall–Kier alpha value is -2.93. The highest BCUT2D eigenvalue weighted by molar-refractivity contribution is 5.98. The minimum atomic E-state index is -0.367. The molecule has 1 atom stereocenters. The van der Waals surface area contributed by atoms with Crippen molar-refractivity contribution >= 4 is 11.5 Å². The summed E-state index contributed by atoms with van der Waals surface area (Å²) in [7, 11) is 0. The van der Waals surface area contributed by atoms with E-state index in [1.165, 1.54) is 6.07 Å². The molecule has 7 nitrogen and oxygen atoms in total. The van der Waals surface area contributed by atoms with Crippen LogP contribution >= 0.6 is 0 Å². The quantitative estimate of drug-likeness (QED) is 0.431. The van der Waals surface area contributed by atoms with Crippen LogP contribution in [0.25, 0.3) is 0 Å². The molecule has 2 aromatic carbocycles. The summed E-state index contributed by atoms with van der Waals surface area (Å²) in [6, 6.07) is 12.3. The molecule has 0 radical (unpaired) electrons. The number of hydrogen-bond acceptors (Lipinski definition) is 6. The third-order valence-corrected chi connectivity index (χ3v) is 5.84. The Morgan fingerprint density at radius 3 is 2.55 bits per heavy atom. The van der Waals surface area contributed by atoms with Gasteiger partial charge >= 0.3 is 0 Å². The molecule has 0 aromatic heterocycles. The van der Waals surface area contributed by atoms with Crippen LogP contribution in [0.2, 0.25) is 0 Å². The molecular formula is C22H24N2O5. The molecule has 152 valence electrons. The van der Waals surface area contributed by atoms with Crippen molar-refractivity contribution in [3.63, 3.8) is 0 Å². The van der Waals surface area contributed by atoms with E-state index >= 15 is 0 Å². The fraction of sp³-hybridized carbons (Fsp3) is 0.409. The van der Waals surface area contributed by atoms with Crippen molar-refractivity contribution in [3.8, 4) is 11.5 Å². The van der Waals surface area contributed by atoms with E-state index in [0.717, 1.165) is 31.5 Å². The van der Waals surface area contributed by atoms with Gasteiger partial charge in [0.1, 0.15) is 13.2 Å². The van der Waals surface area contributed by atoms with Crippen molar-refractivity contribution in [2.75, 3.05) is 26.3 Å². The first-order chi connectivity index (χ1) is 14.0. The van der Waals surface area contributed by atoms with Crippen LogP contribution in [0.3, 0.4) is 0 Å². The van der Waals surface area contributed by atoms with E-state index in [1.807, 2.05) is 12.1 Å². The van der Waals surface area contributed by atoms with E-state index in [9.17, 15) is 14.9 Å². The predicted octanol–water partition coefficient (Wildman–Crippen LogP) is 4.02. The van der Waals surface area contributed by atoms with Gasteiger partial charge in [-0.15, -0.1) is 0 Å². The summed E-state index contributed by atoms with van der Waals surface area (Å²) < 4.78 is 11.1. The largest absolute Gasteiger partial charge is 0.486 e. The van der Waals surface area contributed by atoms with Crippen LogP contribution in [-0.4, -0.2) is 41.9 Å². The molecule has 0 saturated carbocycles. The van der Waals surface area contributed by atoms with Gasteiger partial charge in [-0.3, -0.25) is 19.8 Å². The highest BCUT2D eigenvalue weighted by Gasteiger charge is 2.29. The van der Waals surface area contributed by atoms with Crippen molar-refractivity contribution < 1.29 is 19.2 Å². The zero-order valence-corrected chi connectivity index (χ0v) is 16.4. The number of piperidine rings is 1. The molecule has 2 aromatic rings. The molecule has 2 aliphatic heterocycles. The van der Waals surface area contributed by atoms with E-state index in [0.29, 0.717) is 30.3 Å². The van der Waals surface area contributed by atoms with Crippen LogP contribution in [0.4, 0.5) is 5.69 Å². The summed E-state index contributed by atoms with van der Waals surface area (Å²) >= 11 is 0. The maximum atomic E-state index is 13.0. The first kappa shape index (κ1) is 19.4. The number of carbonyl (C=O) groups is 1. The number of ketones is 1. The summed E-state index contributed by atoms with van der Waals surface area (Å²) in [6.45, 7) is 4.65. The molecule has 0 amide bonds. The van der Waals surface area contributed by atoms with Gasteiger partial charge in [-0.2, -0.15) is 0 Å². The molecule has 7 heteroatoms. The number of nitrogens with zero attached hydrogens (tertiary/aromatic N) is 2. The molecule has 0 aliphatic carbocycles. The minimum absolute atomic E-state index is 0.0221. The van der Waals surface area contributed by atoms with Crippen LogP contribution in [0.1, 0.15) is 41.7 Å². The van der Waals surface area contributed by atoms with Gasteiger partial charge in [-0.05, 0) is 56.6 Å². The highest BCUT2D eigenvalue weighted by Crippen LogP contribution is 2.34. The van der Waals surface area contributed by atoms with Gasteiger partial charge in [-0.25, -0.2) is 0 Å². The number of benzene rings is 2. The topological polar surface area (TPSA) is 81.9 Å². The van der Waals surface area contributed by atoms with Gasteiger partial charge in [0.2, 0.25) is 0 Å². The maximum absolute atomic E-state index is 13.0. The summed E-state index contributed by atoms with van der Waals surface area (Å²) in [5.41, 5.74) is 1.70. The predicted molar refractivity (Wildman–Crippen MR) is 108 cm³/mol. The molecular weight excluding hydrogens is 372 g/mol. The van der Waals surface area contributed by atoms with Crippen LogP contribution in [-0.2, 0) is 0 Å². The SMILES string of the molecule is C[C@@H](c1cccc([N+](=O)[O-])c1)N1CCC(C(=O)c2ccc3c(c2)OCCO3)CC1. The molecule has 0 bridgehead atoms. The first-order valence-electron chi connectivity index (χ1n) is 9.95. The summed E-state index contributed by atoms with van der Waals surface area (Å²) in [5.74, 6) is 1.45. The number of Topliss-reactive ketones (excluding diaryl/α,β-unsaturated/α-hetero) is 1. The summed E-state index contributed by atoms with van der Waals surface area (Å²) in [5, 5.41) is 11.0. The molecule has 0 unspecified atom stereocenters. The van der Waals surface area contributed by atoms with Crippen molar-refractivity contribution in [2.45, 2.75) is 25.8 Å². The highest BCUT2D eigenvalue weighted by atomic mass is 16.6. The Balaban J connectivity index is 1.39. The Morgan fingerprint density at radius 1 is 1.10 bits per heavy atom. The monoisotopic (exact) mass is 396 g/mol. The lowest BCUT2D eigenvalue weighted by molar-refractivity contribution is -0.385. The molecule has 1 saturated heterocycles. The molecule has 4 rings (SSSR count). The number of carbonyl (C=O) groups excluding carboxylic acids is 1. The number of likely N-dealkylation sites (tertiary alicyclic amines) is 1. The van der Waals surface area contributed by atoms with Gasteiger partial charge in [-0.1, -0.05) is 12.1 Å². The van der Waals surface area contributed by atoms with E-state index in [4.69, 9.17) is 9.47 Å². The molecule has 0 spiro atoms. The third-order valence-electron chi connectivity index (χ3n) is 5.84. The summed E-state index contributed by atoms with van der Waals surface area (Å²) in [4.78, 5) is 25.9. The second-order valence-electron chi connectivity index (χ2n) is 7.56. The number of nitro benzene ring substituents is 1. The van der Waals surface area contributed by atoms with Gasteiger partial charge in [0, 0.05) is 29.7 Å². The molecule has 1 fully saturated rings. The van der Waals surface area contributed by atoms with E-state index in [2.05, 4.69) is 11.8 Å². The zero-order valence-electron chi connectivity index (χ0n) is 16.4. The Morgan fingerprint density at radius 2 is 1.83 bits per heavy atom. The normalized spacial score (nSPS) is 18.2. The average Bonchev–Trinajstić information content (AvgIpc) is 2.78. The second kappa shape index (κ2) is 8.21. The van der Waals surface area contributed by atoms with Crippen molar-refractivity contribution in [2.24, 2.45) is 5.92 Å². The Kier molecular flexibility index (Phi) is 5.49. The second-order valence-corrected chi connectivity index (χ2v) is 7.56. The lowest BCUT2D eigenvalue weighted by Crippen LogP contribution is -2.38. The fourth-order valence-electron chi connectivity index (χ4n) is 4.09. The van der Waals surface area contributed by atoms with E-state index in [-0.39, 0.29) is 28.4 Å². The number of hydrogen-bond donors (Lipinski definition) is 0. The number of rotatable bonds is 5. The summed E-state index contributed by atoms with van der Waals surface area (Å²) in [6.07, 6.45) is 1.54. The fourth-order valence-corrected chi connectivity index (χ4v) is 4.09. The van der Waals surface area contributed by atoms with Crippen LogP contribution in [0, 0.1) is 16.0 Å². The van der Waals surface area contributed by atoms with Gasteiger partial charge in [0.15, 0.2) is 17.3 Å². The van der Waals surface area contributed by atoms with Crippen molar-refractivity contribution in [3.05, 3.63) is 63.7 Å². The van der Waals surface area contributed by atoms with Crippen molar-refractivity contribution in [1.29, 1.82) is 0 Å². The zero-order chi connectivity index (χ0) is 20.4. The van der Waals surface area contributed by atoms with Crippen molar-refractivity contribution in [1.82, 2.24) is 4.90 Å². The van der Waals surface area contributed by atoms with Gasteiger partial charge in [0.25, 0.3) is 5.69 Å². The number of nitro groups is 1.